The fraction of sp³-hybridized carbons (Fsp3) is 0.0667. The number of carboxylic acid groups (broad SMARTS) is 1. The molecular weight excluding hydrogens is 240 g/mol. The van der Waals surface area contributed by atoms with Crippen LogP contribution >= 0.6 is 0 Å². The van der Waals surface area contributed by atoms with Gasteiger partial charge in [-0.15, -0.1) is 0 Å². The van der Waals surface area contributed by atoms with Crippen molar-refractivity contribution in [1.29, 1.82) is 5.26 Å². The summed E-state index contributed by atoms with van der Waals surface area (Å²) >= 11 is 0. The summed E-state index contributed by atoms with van der Waals surface area (Å²) in [5.74, 6) is -0.956. The highest BCUT2D eigenvalue weighted by atomic mass is 16.4. The molecule has 4 heteroatoms. The van der Waals surface area contributed by atoms with Crippen LogP contribution in [0.3, 0.4) is 0 Å². The van der Waals surface area contributed by atoms with Gasteiger partial charge in [0, 0.05) is 12.2 Å². The summed E-state index contributed by atoms with van der Waals surface area (Å²) in [4.78, 5) is 11.0. The molecular formula is C15H12N2O2. The molecule has 0 spiro atoms. The smallest absolute Gasteiger partial charge is 0.337 e. The van der Waals surface area contributed by atoms with E-state index in [9.17, 15) is 4.79 Å². The Hall–Kier alpha value is -2.80. The Balaban J connectivity index is 2.10. The molecule has 0 unspecified atom stereocenters. The van der Waals surface area contributed by atoms with Crippen LogP contribution in [0.5, 0.6) is 0 Å². The number of hydrogen-bond donors (Lipinski definition) is 2. The molecule has 0 aliphatic heterocycles. The van der Waals surface area contributed by atoms with Gasteiger partial charge in [-0.1, -0.05) is 24.3 Å². The Labute approximate surface area is 110 Å². The number of rotatable bonds is 4. The fourth-order valence-corrected chi connectivity index (χ4v) is 1.72. The molecule has 0 amide bonds. The van der Waals surface area contributed by atoms with Gasteiger partial charge in [0.2, 0.25) is 0 Å². The molecule has 4 nitrogen and oxygen atoms in total. The number of para-hydroxylation sites is 1. The average molecular weight is 252 g/mol. The largest absolute Gasteiger partial charge is 0.478 e. The van der Waals surface area contributed by atoms with Crippen LogP contribution < -0.4 is 5.32 Å². The Morgan fingerprint density at radius 2 is 1.84 bits per heavy atom. The molecule has 19 heavy (non-hydrogen) atoms. The molecule has 0 saturated carbocycles. The third kappa shape index (κ3) is 3.11. The summed E-state index contributed by atoms with van der Waals surface area (Å²) in [7, 11) is 0. The van der Waals surface area contributed by atoms with Gasteiger partial charge in [0.15, 0.2) is 0 Å². The number of nitrogens with one attached hydrogen (secondary N) is 1. The van der Waals surface area contributed by atoms with Crippen LogP contribution in [0.4, 0.5) is 5.69 Å². The van der Waals surface area contributed by atoms with Crippen molar-refractivity contribution in [3.05, 3.63) is 65.2 Å². The molecule has 0 aromatic heterocycles. The highest BCUT2D eigenvalue weighted by molar-refractivity contribution is 5.94. The van der Waals surface area contributed by atoms with Crippen LogP contribution in [0.1, 0.15) is 21.5 Å². The van der Waals surface area contributed by atoms with Crippen LogP contribution in [0.15, 0.2) is 48.5 Å². The normalized spacial score (nSPS) is 9.63. The van der Waals surface area contributed by atoms with E-state index in [0.29, 0.717) is 17.8 Å². The Morgan fingerprint density at radius 1 is 1.16 bits per heavy atom. The molecule has 0 saturated heterocycles. The van der Waals surface area contributed by atoms with Crippen LogP contribution in [0.2, 0.25) is 0 Å². The second-order valence-electron chi connectivity index (χ2n) is 4.01. The van der Waals surface area contributed by atoms with E-state index in [0.717, 1.165) is 5.56 Å². The van der Waals surface area contributed by atoms with Gasteiger partial charge in [-0.2, -0.15) is 5.26 Å². The lowest BCUT2D eigenvalue weighted by molar-refractivity contribution is 0.0698. The summed E-state index contributed by atoms with van der Waals surface area (Å²) in [6.45, 7) is 0.510. The monoisotopic (exact) mass is 252 g/mol. The van der Waals surface area contributed by atoms with Gasteiger partial charge >= 0.3 is 5.97 Å². The van der Waals surface area contributed by atoms with Crippen LogP contribution in [0, 0.1) is 11.3 Å². The zero-order valence-corrected chi connectivity index (χ0v) is 10.1. The minimum Gasteiger partial charge on any atom is -0.478 e. The summed E-state index contributed by atoms with van der Waals surface area (Å²) < 4.78 is 0. The van der Waals surface area contributed by atoms with Crippen molar-refractivity contribution in [3.8, 4) is 6.07 Å². The lowest BCUT2D eigenvalue weighted by Gasteiger charge is -2.09. The molecule has 0 heterocycles. The number of carboxylic acids is 1. The quantitative estimate of drug-likeness (QED) is 0.877. The van der Waals surface area contributed by atoms with Crippen molar-refractivity contribution in [1.82, 2.24) is 0 Å². The molecule has 2 aromatic carbocycles. The Morgan fingerprint density at radius 3 is 2.47 bits per heavy atom. The van der Waals surface area contributed by atoms with E-state index in [2.05, 4.69) is 11.4 Å². The van der Waals surface area contributed by atoms with Gasteiger partial charge in [-0.05, 0) is 29.8 Å². The minimum absolute atomic E-state index is 0.246. The van der Waals surface area contributed by atoms with E-state index in [-0.39, 0.29) is 5.56 Å². The lowest BCUT2D eigenvalue weighted by atomic mass is 10.1. The highest BCUT2D eigenvalue weighted by Gasteiger charge is 2.08. The third-order valence-corrected chi connectivity index (χ3v) is 2.72. The zero-order valence-electron chi connectivity index (χ0n) is 10.1. The molecule has 0 aliphatic rings. The highest BCUT2D eigenvalue weighted by Crippen LogP contribution is 2.16. The first-order chi connectivity index (χ1) is 9.20. The maximum Gasteiger partial charge on any atom is 0.337 e. The summed E-state index contributed by atoms with van der Waals surface area (Å²) in [5.41, 5.74) is 2.42. The number of hydrogen-bond acceptors (Lipinski definition) is 3. The molecule has 2 aromatic rings. The second-order valence-corrected chi connectivity index (χ2v) is 4.01. The summed E-state index contributed by atoms with van der Waals surface area (Å²) in [5, 5.41) is 20.8. The Bertz CT molecular complexity index is 627. The molecule has 94 valence electrons. The second kappa shape index (κ2) is 5.69. The van der Waals surface area contributed by atoms with Gasteiger partial charge in [-0.25, -0.2) is 4.79 Å². The third-order valence-electron chi connectivity index (χ3n) is 2.72. The van der Waals surface area contributed by atoms with Gasteiger partial charge in [0.25, 0.3) is 0 Å². The molecule has 0 aliphatic carbocycles. The first kappa shape index (κ1) is 12.7. The van der Waals surface area contributed by atoms with Gasteiger partial charge in [-0.3, -0.25) is 0 Å². The number of anilines is 1. The fourth-order valence-electron chi connectivity index (χ4n) is 1.72. The average Bonchev–Trinajstić information content (AvgIpc) is 2.46. The molecule has 0 radical (unpaired) electrons. The first-order valence-electron chi connectivity index (χ1n) is 5.76. The number of nitrogens with zero attached hydrogens (tertiary/aromatic N) is 1. The number of aromatic carboxylic acids is 1. The SMILES string of the molecule is N#Cc1ccc(CNc2ccccc2C(=O)O)cc1. The number of carbonyl (C=O) groups is 1. The zero-order chi connectivity index (χ0) is 13.7. The minimum atomic E-state index is -0.956. The summed E-state index contributed by atoms with van der Waals surface area (Å²) in [6.07, 6.45) is 0. The molecule has 0 bridgehead atoms. The van der Waals surface area contributed by atoms with Crippen molar-refractivity contribution in [2.75, 3.05) is 5.32 Å². The van der Waals surface area contributed by atoms with Crippen molar-refractivity contribution in [3.63, 3.8) is 0 Å². The lowest BCUT2D eigenvalue weighted by Crippen LogP contribution is -2.06. The van der Waals surface area contributed by atoms with E-state index in [1.165, 1.54) is 0 Å². The van der Waals surface area contributed by atoms with Crippen LogP contribution in [0.25, 0.3) is 0 Å². The summed E-state index contributed by atoms with van der Waals surface area (Å²) in [6, 6.07) is 16.0. The molecule has 0 atom stereocenters. The molecule has 0 fully saturated rings. The van der Waals surface area contributed by atoms with Crippen molar-refractivity contribution < 1.29 is 9.90 Å². The molecule has 2 N–H and O–H groups in total. The number of benzene rings is 2. The van der Waals surface area contributed by atoms with E-state index in [1.54, 1.807) is 36.4 Å². The van der Waals surface area contributed by atoms with Gasteiger partial charge in [0.1, 0.15) is 0 Å². The topological polar surface area (TPSA) is 73.1 Å². The van der Waals surface area contributed by atoms with Crippen molar-refractivity contribution >= 4 is 11.7 Å². The van der Waals surface area contributed by atoms with E-state index < -0.39 is 5.97 Å². The first-order valence-corrected chi connectivity index (χ1v) is 5.76. The predicted octanol–water partition coefficient (Wildman–Crippen LogP) is 2.87. The van der Waals surface area contributed by atoms with E-state index in [4.69, 9.17) is 10.4 Å². The maximum absolute atomic E-state index is 11.0. The predicted molar refractivity (Wildman–Crippen MR) is 71.9 cm³/mol. The van der Waals surface area contributed by atoms with E-state index >= 15 is 0 Å². The van der Waals surface area contributed by atoms with E-state index in [1.807, 2.05) is 12.1 Å². The standard InChI is InChI=1S/C15H12N2O2/c16-9-11-5-7-12(8-6-11)10-17-14-4-2-1-3-13(14)15(18)19/h1-8,17H,10H2,(H,18,19). The van der Waals surface area contributed by atoms with Crippen molar-refractivity contribution in [2.24, 2.45) is 0 Å². The maximum atomic E-state index is 11.0. The molecule has 2 rings (SSSR count). The van der Waals surface area contributed by atoms with Crippen LogP contribution in [-0.2, 0) is 6.54 Å². The Kier molecular flexibility index (Phi) is 3.79. The van der Waals surface area contributed by atoms with Gasteiger partial charge in [0.05, 0.1) is 17.2 Å². The van der Waals surface area contributed by atoms with Crippen molar-refractivity contribution in [2.45, 2.75) is 6.54 Å². The van der Waals surface area contributed by atoms with Crippen LogP contribution in [-0.4, -0.2) is 11.1 Å². The number of nitriles is 1. The van der Waals surface area contributed by atoms with Gasteiger partial charge < -0.3 is 10.4 Å².